The Labute approximate surface area is 92.9 Å². The highest BCUT2D eigenvalue weighted by atomic mass is 16.3. The second-order valence-corrected chi connectivity index (χ2v) is 3.49. The molecule has 1 amide bonds. The number of nitrogens with zero attached hydrogens (tertiary/aromatic N) is 1. The van der Waals surface area contributed by atoms with Gasteiger partial charge in [-0.2, -0.15) is 5.10 Å². The Morgan fingerprint density at radius 3 is 3.19 bits per heavy atom. The lowest BCUT2D eigenvalue weighted by Crippen LogP contribution is -2.10. The van der Waals surface area contributed by atoms with Gasteiger partial charge in [-0.25, -0.2) is 0 Å². The van der Waals surface area contributed by atoms with Gasteiger partial charge in [-0.15, -0.1) is 0 Å². The Kier molecular flexibility index (Phi) is 3.05. The van der Waals surface area contributed by atoms with Gasteiger partial charge in [0.05, 0.1) is 11.8 Å². The summed E-state index contributed by atoms with van der Waals surface area (Å²) < 4.78 is 4.83. The van der Waals surface area contributed by atoms with Crippen molar-refractivity contribution in [1.82, 2.24) is 10.2 Å². The second-order valence-electron chi connectivity index (χ2n) is 3.49. The third kappa shape index (κ3) is 2.31. The van der Waals surface area contributed by atoms with E-state index >= 15 is 0 Å². The molecule has 0 aliphatic rings. The molecule has 0 atom stereocenters. The number of amides is 1. The minimum atomic E-state index is -0.219. The molecule has 0 saturated carbocycles. The fourth-order valence-corrected chi connectivity index (χ4v) is 1.41. The monoisotopic (exact) mass is 219 g/mol. The van der Waals surface area contributed by atoms with E-state index in [-0.39, 0.29) is 5.91 Å². The Morgan fingerprint density at radius 2 is 2.50 bits per heavy atom. The molecule has 0 aliphatic carbocycles. The van der Waals surface area contributed by atoms with Crippen molar-refractivity contribution in [3.05, 3.63) is 35.9 Å². The molecule has 0 fully saturated rings. The lowest BCUT2D eigenvalue weighted by atomic mass is 10.2. The minimum absolute atomic E-state index is 0.219. The number of carbonyl (C=O) groups excluding carboxylic acids is 1. The summed E-state index contributed by atoms with van der Waals surface area (Å²) in [7, 11) is 0. The van der Waals surface area contributed by atoms with Gasteiger partial charge >= 0.3 is 0 Å². The highest BCUT2D eigenvalue weighted by Crippen LogP contribution is 2.09. The third-order valence-electron chi connectivity index (χ3n) is 2.18. The molecule has 0 aromatic carbocycles. The molecule has 2 rings (SSSR count). The maximum atomic E-state index is 11.6. The van der Waals surface area contributed by atoms with E-state index in [9.17, 15) is 4.79 Å². The van der Waals surface area contributed by atoms with E-state index in [4.69, 9.17) is 4.42 Å². The van der Waals surface area contributed by atoms with Crippen LogP contribution < -0.4 is 5.32 Å². The summed E-state index contributed by atoms with van der Waals surface area (Å²) in [5.74, 6) is 0.318. The predicted octanol–water partition coefficient (Wildman–Crippen LogP) is 2.21. The molecular weight excluding hydrogens is 206 g/mol. The molecule has 0 radical (unpaired) electrons. The summed E-state index contributed by atoms with van der Waals surface area (Å²) in [6.45, 7) is 2.09. The smallest absolute Gasteiger partial charge is 0.260 e. The number of H-pyrrole nitrogens is 1. The SMILES string of the molecule is CCCc1cc(NC(=O)c2ccoc2)n[nH]1. The molecule has 2 aromatic rings. The van der Waals surface area contributed by atoms with Crippen LogP contribution in [0, 0.1) is 0 Å². The Hall–Kier alpha value is -2.04. The molecule has 0 unspecified atom stereocenters. The first-order valence-corrected chi connectivity index (χ1v) is 5.17. The highest BCUT2D eigenvalue weighted by Gasteiger charge is 2.09. The summed E-state index contributed by atoms with van der Waals surface area (Å²) in [5.41, 5.74) is 1.50. The van der Waals surface area contributed by atoms with Gasteiger partial charge < -0.3 is 9.73 Å². The van der Waals surface area contributed by atoms with Crippen LogP contribution in [0.15, 0.2) is 29.1 Å². The van der Waals surface area contributed by atoms with Crippen molar-refractivity contribution in [2.75, 3.05) is 5.32 Å². The molecule has 84 valence electrons. The van der Waals surface area contributed by atoms with Gasteiger partial charge in [-0.1, -0.05) is 13.3 Å². The summed E-state index contributed by atoms with van der Waals surface area (Å²) >= 11 is 0. The predicted molar refractivity (Wildman–Crippen MR) is 59.2 cm³/mol. The van der Waals surface area contributed by atoms with Gasteiger partial charge in [0.2, 0.25) is 0 Å². The Balaban J connectivity index is 2.01. The second kappa shape index (κ2) is 4.65. The van der Waals surface area contributed by atoms with Crippen LogP contribution in [0.4, 0.5) is 5.82 Å². The van der Waals surface area contributed by atoms with Crippen molar-refractivity contribution >= 4 is 11.7 Å². The largest absolute Gasteiger partial charge is 0.472 e. The number of hydrogen-bond donors (Lipinski definition) is 2. The lowest BCUT2D eigenvalue weighted by molar-refractivity contribution is 0.102. The van der Waals surface area contributed by atoms with Gasteiger partial charge in [0.25, 0.3) is 5.91 Å². The lowest BCUT2D eigenvalue weighted by Gasteiger charge is -1.96. The average molecular weight is 219 g/mol. The Morgan fingerprint density at radius 1 is 1.62 bits per heavy atom. The van der Waals surface area contributed by atoms with Crippen LogP contribution in [0.3, 0.4) is 0 Å². The number of aromatic nitrogens is 2. The van der Waals surface area contributed by atoms with Gasteiger partial charge in [0, 0.05) is 11.8 Å². The summed E-state index contributed by atoms with van der Waals surface area (Å²) in [6.07, 6.45) is 4.82. The van der Waals surface area contributed by atoms with Crippen LogP contribution in [0.25, 0.3) is 0 Å². The zero-order valence-electron chi connectivity index (χ0n) is 8.99. The van der Waals surface area contributed by atoms with Crippen molar-refractivity contribution in [1.29, 1.82) is 0 Å². The average Bonchev–Trinajstić information content (AvgIpc) is 2.89. The van der Waals surface area contributed by atoms with E-state index < -0.39 is 0 Å². The number of aromatic amines is 1. The highest BCUT2D eigenvalue weighted by molar-refractivity contribution is 6.03. The first-order valence-electron chi connectivity index (χ1n) is 5.17. The molecule has 16 heavy (non-hydrogen) atoms. The molecule has 0 aliphatic heterocycles. The molecule has 2 heterocycles. The van der Waals surface area contributed by atoms with Crippen molar-refractivity contribution < 1.29 is 9.21 Å². The first-order chi connectivity index (χ1) is 7.79. The van der Waals surface area contributed by atoms with Crippen LogP contribution >= 0.6 is 0 Å². The van der Waals surface area contributed by atoms with Crippen LogP contribution in [-0.2, 0) is 6.42 Å². The topological polar surface area (TPSA) is 70.9 Å². The molecule has 0 spiro atoms. The molecule has 5 nitrogen and oxygen atoms in total. The van der Waals surface area contributed by atoms with Crippen molar-refractivity contribution in [2.45, 2.75) is 19.8 Å². The maximum absolute atomic E-state index is 11.6. The molecule has 0 bridgehead atoms. The Bertz CT molecular complexity index is 459. The van der Waals surface area contributed by atoms with E-state index in [2.05, 4.69) is 22.4 Å². The zero-order chi connectivity index (χ0) is 11.4. The summed E-state index contributed by atoms with van der Waals surface area (Å²) in [4.78, 5) is 11.6. The van der Waals surface area contributed by atoms with Gasteiger partial charge in [-0.05, 0) is 12.5 Å². The van der Waals surface area contributed by atoms with Gasteiger partial charge in [0.15, 0.2) is 5.82 Å². The van der Waals surface area contributed by atoms with Crippen LogP contribution in [0.2, 0.25) is 0 Å². The van der Waals surface area contributed by atoms with Crippen molar-refractivity contribution in [2.24, 2.45) is 0 Å². The number of furan rings is 1. The number of aryl methyl sites for hydroxylation is 1. The molecule has 0 saturated heterocycles. The quantitative estimate of drug-likeness (QED) is 0.828. The normalized spacial score (nSPS) is 10.3. The molecule has 2 N–H and O–H groups in total. The zero-order valence-corrected chi connectivity index (χ0v) is 8.99. The molecule has 5 heteroatoms. The van der Waals surface area contributed by atoms with Crippen LogP contribution in [0.1, 0.15) is 29.4 Å². The summed E-state index contributed by atoms with van der Waals surface area (Å²) in [5, 5.41) is 9.55. The van der Waals surface area contributed by atoms with E-state index in [0.29, 0.717) is 11.4 Å². The maximum Gasteiger partial charge on any atom is 0.260 e. The van der Waals surface area contributed by atoms with E-state index in [1.54, 1.807) is 6.07 Å². The van der Waals surface area contributed by atoms with Gasteiger partial charge in [0.1, 0.15) is 6.26 Å². The fraction of sp³-hybridized carbons (Fsp3) is 0.273. The fourth-order valence-electron chi connectivity index (χ4n) is 1.41. The number of anilines is 1. The number of rotatable bonds is 4. The van der Waals surface area contributed by atoms with Crippen molar-refractivity contribution in [3.8, 4) is 0 Å². The molecular formula is C11H13N3O2. The van der Waals surface area contributed by atoms with Crippen molar-refractivity contribution in [3.63, 3.8) is 0 Å². The number of nitrogens with one attached hydrogen (secondary N) is 2. The van der Waals surface area contributed by atoms with E-state index in [1.807, 2.05) is 6.07 Å². The summed E-state index contributed by atoms with van der Waals surface area (Å²) in [6, 6.07) is 3.44. The van der Waals surface area contributed by atoms with E-state index in [1.165, 1.54) is 12.5 Å². The van der Waals surface area contributed by atoms with Gasteiger partial charge in [-0.3, -0.25) is 9.89 Å². The number of hydrogen-bond acceptors (Lipinski definition) is 3. The van der Waals surface area contributed by atoms with Crippen LogP contribution in [-0.4, -0.2) is 16.1 Å². The third-order valence-corrected chi connectivity index (χ3v) is 2.18. The van der Waals surface area contributed by atoms with Crippen LogP contribution in [0.5, 0.6) is 0 Å². The standard InChI is InChI=1S/C11H13N3O2/c1-2-3-9-6-10(14-13-9)12-11(15)8-4-5-16-7-8/h4-7H,2-3H2,1H3,(H2,12,13,14,15). The first kappa shape index (κ1) is 10.5. The molecule has 2 aromatic heterocycles. The number of carbonyl (C=O) groups is 1. The minimum Gasteiger partial charge on any atom is -0.472 e. The van der Waals surface area contributed by atoms with E-state index in [0.717, 1.165) is 18.5 Å².